The van der Waals surface area contributed by atoms with Gasteiger partial charge in [0.25, 0.3) is 0 Å². The van der Waals surface area contributed by atoms with Crippen molar-refractivity contribution in [2.24, 2.45) is 5.73 Å². The van der Waals surface area contributed by atoms with Gasteiger partial charge in [-0.15, -0.1) is 0 Å². The minimum absolute atomic E-state index is 0.330. The van der Waals surface area contributed by atoms with Gasteiger partial charge in [0.05, 0.1) is 0 Å². The van der Waals surface area contributed by atoms with E-state index in [1.54, 1.807) is 12.1 Å². The predicted octanol–water partition coefficient (Wildman–Crippen LogP) is 0.532. The quantitative estimate of drug-likeness (QED) is 0.612. The Kier molecular flexibility index (Phi) is 3.09. The summed E-state index contributed by atoms with van der Waals surface area (Å²) in [6, 6.07) is 4.57. The first-order valence-corrected chi connectivity index (χ1v) is 4.34. The van der Waals surface area contributed by atoms with Crippen molar-refractivity contribution in [2.75, 3.05) is 5.73 Å². The van der Waals surface area contributed by atoms with Crippen molar-refractivity contribution in [1.82, 2.24) is 0 Å². The number of carboxylic acid groups (broad SMARTS) is 1. The molecule has 1 rings (SSSR count). The molecule has 0 aliphatic heterocycles. The Balaban J connectivity index is 2.78. The van der Waals surface area contributed by atoms with Crippen molar-refractivity contribution >= 4 is 11.7 Å². The molecule has 0 aliphatic rings. The van der Waals surface area contributed by atoms with Crippen LogP contribution in [0.4, 0.5) is 5.69 Å². The van der Waals surface area contributed by atoms with Crippen molar-refractivity contribution < 1.29 is 9.90 Å². The maximum atomic E-state index is 10.5. The number of hydrogen-bond acceptors (Lipinski definition) is 3. The van der Waals surface area contributed by atoms with Crippen LogP contribution in [0.1, 0.15) is 11.1 Å². The van der Waals surface area contributed by atoms with E-state index in [2.05, 4.69) is 0 Å². The zero-order chi connectivity index (χ0) is 10.7. The van der Waals surface area contributed by atoms with Crippen LogP contribution in [0.15, 0.2) is 18.2 Å². The van der Waals surface area contributed by atoms with Gasteiger partial charge in [-0.25, -0.2) is 0 Å². The molecule has 0 amide bonds. The first-order chi connectivity index (χ1) is 6.50. The number of carboxylic acids is 1. The number of rotatable bonds is 3. The summed E-state index contributed by atoms with van der Waals surface area (Å²) in [5.41, 5.74) is 13.6. The highest BCUT2D eigenvalue weighted by Crippen LogP contribution is 2.13. The van der Waals surface area contributed by atoms with Gasteiger partial charge in [-0.05, 0) is 30.5 Å². The normalized spacial score (nSPS) is 12.4. The third kappa shape index (κ3) is 2.47. The van der Waals surface area contributed by atoms with E-state index in [9.17, 15) is 4.79 Å². The van der Waals surface area contributed by atoms with Crippen molar-refractivity contribution in [3.8, 4) is 0 Å². The molecule has 0 aliphatic carbocycles. The summed E-state index contributed by atoms with van der Waals surface area (Å²) in [5.74, 6) is -0.987. The van der Waals surface area contributed by atoms with Crippen LogP contribution >= 0.6 is 0 Å². The van der Waals surface area contributed by atoms with Crippen LogP contribution in [0, 0.1) is 6.92 Å². The van der Waals surface area contributed by atoms with Gasteiger partial charge in [-0.2, -0.15) is 0 Å². The number of benzene rings is 1. The molecule has 0 spiro atoms. The summed E-state index contributed by atoms with van der Waals surface area (Å²) in [7, 11) is 0. The van der Waals surface area contributed by atoms with Gasteiger partial charge < -0.3 is 16.6 Å². The van der Waals surface area contributed by atoms with E-state index in [0.717, 1.165) is 11.1 Å². The van der Waals surface area contributed by atoms with E-state index in [0.29, 0.717) is 12.1 Å². The van der Waals surface area contributed by atoms with Crippen LogP contribution in [0.5, 0.6) is 0 Å². The molecule has 1 atom stereocenters. The highest BCUT2D eigenvalue weighted by atomic mass is 16.4. The summed E-state index contributed by atoms with van der Waals surface area (Å²) in [6.07, 6.45) is 0.330. The van der Waals surface area contributed by atoms with Crippen molar-refractivity contribution in [1.29, 1.82) is 0 Å². The van der Waals surface area contributed by atoms with Crippen LogP contribution in [0.25, 0.3) is 0 Å². The highest BCUT2D eigenvalue weighted by Gasteiger charge is 2.12. The van der Waals surface area contributed by atoms with Crippen molar-refractivity contribution in [3.63, 3.8) is 0 Å². The number of nitrogens with two attached hydrogens (primary N) is 2. The van der Waals surface area contributed by atoms with E-state index in [1.165, 1.54) is 0 Å². The van der Waals surface area contributed by atoms with Crippen LogP contribution in [-0.2, 0) is 11.2 Å². The minimum Gasteiger partial charge on any atom is -0.480 e. The lowest BCUT2D eigenvalue weighted by Crippen LogP contribution is -2.32. The summed E-state index contributed by atoms with van der Waals surface area (Å²) < 4.78 is 0. The number of anilines is 1. The third-order valence-corrected chi connectivity index (χ3v) is 2.11. The Hall–Kier alpha value is -1.55. The SMILES string of the molecule is Cc1cc(C[C@H](N)C(=O)O)ccc1N. The lowest BCUT2D eigenvalue weighted by atomic mass is 10.0. The van der Waals surface area contributed by atoms with E-state index in [1.807, 2.05) is 13.0 Å². The van der Waals surface area contributed by atoms with Gasteiger partial charge >= 0.3 is 5.97 Å². The molecule has 0 bridgehead atoms. The lowest BCUT2D eigenvalue weighted by Gasteiger charge is -2.08. The summed E-state index contributed by atoms with van der Waals surface area (Å²) >= 11 is 0. The van der Waals surface area contributed by atoms with E-state index in [-0.39, 0.29) is 0 Å². The lowest BCUT2D eigenvalue weighted by molar-refractivity contribution is -0.138. The molecular formula is C10H14N2O2. The molecule has 1 aromatic carbocycles. The molecule has 0 saturated heterocycles. The second-order valence-corrected chi connectivity index (χ2v) is 3.34. The molecule has 0 unspecified atom stereocenters. The number of nitrogen functional groups attached to an aromatic ring is 1. The highest BCUT2D eigenvalue weighted by molar-refractivity contribution is 5.73. The van der Waals surface area contributed by atoms with Gasteiger partial charge in [0.2, 0.25) is 0 Å². The zero-order valence-corrected chi connectivity index (χ0v) is 8.03. The number of hydrogen-bond donors (Lipinski definition) is 3. The van der Waals surface area contributed by atoms with Gasteiger partial charge in [0.1, 0.15) is 6.04 Å². The van der Waals surface area contributed by atoms with Crippen molar-refractivity contribution in [2.45, 2.75) is 19.4 Å². The maximum absolute atomic E-state index is 10.5. The Morgan fingerprint density at radius 2 is 2.21 bits per heavy atom. The van der Waals surface area contributed by atoms with Gasteiger partial charge in [0, 0.05) is 5.69 Å². The summed E-state index contributed by atoms with van der Waals surface area (Å²) in [5, 5.41) is 8.62. The van der Waals surface area contributed by atoms with Gasteiger partial charge in [-0.1, -0.05) is 12.1 Å². The number of carbonyl (C=O) groups is 1. The first-order valence-electron chi connectivity index (χ1n) is 4.34. The fourth-order valence-electron chi connectivity index (χ4n) is 1.21. The third-order valence-electron chi connectivity index (χ3n) is 2.11. The average molecular weight is 194 g/mol. The molecule has 1 aromatic rings. The van der Waals surface area contributed by atoms with Gasteiger partial charge in [0.15, 0.2) is 0 Å². The molecule has 0 radical (unpaired) electrons. The molecule has 76 valence electrons. The Morgan fingerprint density at radius 3 is 2.71 bits per heavy atom. The molecule has 14 heavy (non-hydrogen) atoms. The first kappa shape index (κ1) is 10.5. The smallest absolute Gasteiger partial charge is 0.320 e. The van der Waals surface area contributed by atoms with Crippen LogP contribution in [0.3, 0.4) is 0 Å². The predicted molar refractivity (Wildman–Crippen MR) is 54.9 cm³/mol. The molecular weight excluding hydrogens is 180 g/mol. The second kappa shape index (κ2) is 4.11. The topological polar surface area (TPSA) is 89.3 Å². The van der Waals surface area contributed by atoms with E-state index < -0.39 is 12.0 Å². The Morgan fingerprint density at radius 1 is 1.57 bits per heavy atom. The standard InChI is InChI=1S/C10H14N2O2/c1-6-4-7(2-3-8(6)11)5-9(12)10(13)14/h2-4,9H,5,11-12H2,1H3,(H,13,14)/t9-/m0/s1. The maximum Gasteiger partial charge on any atom is 0.320 e. The molecule has 5 N–H and O–H groups in total. The molecule has 0 fully saturated rings. The Labute approximate surface area is 82.5 Å². The van der Waals surface area contributed by atoms with Crippen molar-refractivity contribution in [3.05, 3.63) is 29.3 Å². The zero-order valence-electron chi connectivity index (χ0n) is 8.03. The van der Waals surface area contributed by atoms with E-state index in [4.69, 9.17) is 16.6 Å². The minimum atomic E-state index is -0.987. The molecule has 4 heteroatoms. The molecule has 0 saturated carbocycles. The van der Waals surface area contributed by atoms with Crippen LogP contribution in [0.2, 0.25) is 0 Å². The average Bonchev–Trinajstić information content (AvgIpc) is 2.11. The monoisotopic (exact) mass is 194 g/mol. The van der Waals surface area contributed by atoms with Crippen LogP contribution < -0.4 is 11.5 Å². The summed E-state index contributed by atoms with van der Waals surface area (Å²) in [6.45, 7) is 1.88. The van der Waals surface area contributed by atoms with Crippen LogP contribution in [-0.4, -0.2) is 17.1 Å². The van der Waals surface area contributed by atoms with E-state index >= 15 is 0 Å². The molecule has 0 aromatic heterocycles. The fourth-order valence-corrected chi connectivity index (χ4v) is 1.21. The van der Waals surface area contributed by atoms with Gasteiger partial charge in [-0.3, -0.25) is 4.79 Å². The fraction of sp³-hybridized carbons (Fsp3) is 0.300. The Bertz CT molecular complexity index is 350. The number of aryl methyl sites for hydroxylation is 1. The molecule has 0 heterocycles. The second-order valence-electron chi connectivity index (χ2n) is 3.34. The largest absolute Gasteiger partial charge is 0.480 e. The summed E-state index contributed by atoms with van der Waals surface area (Å²) in [4.78, 5) is 10.5. The molecule has 4 nitrogen and oxygen atoms in total. The number of aliphatic carboxylic acids is 1.